The lowest BCUT2D eigenvalue weighted by Crippen LogP contribution is -2.03. The van der Waals surface area contributed by atoms with Gasteiger partial charge in [0.25, 0.3) is 0 Å². The Morgan fingerprint density at radius 1 is 1.43 bits per heavy atom. The van der Waals surface area contributed by atoms with Gasteiger partial charge in [0, 0.05) is 0 Å². The van der Waals surface area contributed by atoms with Crippen LogP contribution in [0.25, 0.3) is 0 Å². The zero-order valence-electron chi connectivity index (χ0n) is 7.68. The molecule has 0 amide bonds. The molecule has 76 valence electrons. The summed E-state index contributed by atoms with van der Waals surface area (Å²) in [4.78, 5) is 10.6. The van der Waals surface area contributed by atoms with E-state index in [1.807, 2.05) is 6.92 Å². The minimum atomic E-state index is -0.863. The van der Waals surface area contributed by atoms with Crippen molar-refractivity contribution in [2.75, 3.05) is 0 Å². The molecule has 0 unspecified atom stereocenters. The number of benzene rings is 1. The lowest BCUT2D eigenvalue weighted by molar-refractivity contribution is -0.136. The quantitative estimate of drug-likeness (QED) is 0.870. The van der Waals surface area contributed by atoms with Crippen molar-refractivity contribution in [3.63, 3.8) is 0 Å². The smallest absolute Gasteiger partial charge is 0.307 e. The summed E-state index contributed by atoms with van der Waals surface area (Å²) >= 11 is 11.8. The van der Waals surface area contributed by atoms with E-state index in [4.69, 9.17) is 28.3 Å². The van der Waals surface area contributed by atoms with Crippen LogP contribution in [0.15, 0.2) is 12.1 Å². The minimum absolute atomic E-state index is 0.0138. The van der Waals surface area contributed by atoms with Crippen molar-refractivity contribution in [1.82, 2.24) is 0 Å². The van der Waals surface area contributed by atoms with Gasteiger partial charge in [0.05, 0.1) is 16.5 Å². The van der Waals surface area contributed by atoms with E-state index < -0.39 is 5.97 Å². The fraction of sp³-hybridized carbons (Fsp3) is 0.300. The monoisotopic (exact) mass is 232 g/mol. The summed E-state index contributed by atoms with van der Waals surface area (Å²) in [5.41, 5.74) is 1.55. The molecule has 0 aliphatic carbocycles. The summed E-state index contributed by atoms with van der Waals surface area (Å²) in [6, 6.07) is 3.34. The Kier molecular flexibility index (Phi) is 3.78. The zero-order valence-corrected chi connectivity index (χ0v) is 9.19. The molecule has 2 nitrogen and oxygen atoms in total. The second-order valence-electron chi connectivity index (χ2n) is 2.92. The normalized spacial score (nSPS) is 10.2. The molecule has 0 radical (unpaired) electrons. The SMILES string of the molecule is CCc1c(CC(=O)O)ccc(Cl)c1Cl. The number of carbonyl (C=O) groups is 1. The topological polar surface area (TPSA) is 37.3 Å². The van der Waals surface area contributed by atoms with Crippen LogP contribution < -0.4 is 0 Å². The minimum Gasteiger partial charge on any atom is -0.481 e. The van der Waals surface area contributed by atoms with Gasteiger partial charge in [-0.2, -0.15) is 0 Å². The molecule has 0 spiro atoms. The van der Waals surface area contributed by atoms with Crippen molar-refractivity contribution in [3.05, 3.63) is 33.3 Å². The van der Waals surface area contributed by atoms with E-state index in [1.54, 1.807) is 12.1 Å². The first-order valence-corrected chi connectivity index (χ1v) is 4.99. The molecular formula is C10H10Cl2O2. The van der Waals surface area contributed by atoms with Crippen LogP contribution in [-0.4, -0.2) is 11.1 Å². The number of aliphatic carboxylic acids is 1. The number of halogens is 2. The maximum atomic E-state index is 10.6. The highest BCUT2D eigenvalue weighted by atomic mass is 35.5. The number of rotatable bonds is 3. The molecule has 0 heterocycles. The molecule has 0 bridgehead atoms. The second-order valence-corrected chi connectivity index (χ2v) is 3.71. The third-order valence-corrected chi connectivity index (χ3v) is 2.83. The van der Waals surface area contributed by atoms with Gasteiger partial charge in [-0.1, -0.05) is 36.2 Å². The van der Waals surface area contributed by atoms with E-state index in [-0.39, 0.29) is 6.42 Å². The molecule has 0 aliphatic rings. The molecule has 0 saturated carbocycles. The molecule has 4 heteroatoms. The van der Waals surface area contributed by atoms with Gasteiger partial charge in [-0.05, 0) is 23.6 Å². The van der Waals surface area contributed by atoms with Crippen molar-refractivity contribution in [3.8, 4) is 0 Å². The molecule has 1 N–H and O–H groups in total. The Morgan fingerprint density at radius 3 is 2.57 bits per heavy atom. The summed E-state index contributed by atoms with van der Waals surface area (Å²) in [6.07, 6.45) is 0.669. The summed E-state index contributed by atoms with van der Waals surface area (Å²) in [5.74, 6) is -0.863. The van der Waals surface area contributed by atoms with Gasteiger partial charge in [0.2, 0.25) is 0 Å². The third kappa shape index (κ3) is 2.40. The van der Waals surface area contributed by atoms with Crippen molar-refractivity contribution in [2.24, 2.45) is 0 Å². The van der Waals surface area contributed by atoms with Crippen LogP contribution in [0, 0.1) is 0 Å². The van der Waals surface area contributed by atoms with Crippen LogP contribution in [0.3, 0.4) is 0 Å². The predicted octanol–water partition coefficient (Wildman–Crippen LogP) is 3.18. The van der Waals surface area contributed by atoms with Crippen molar-refractivity contribution in [2.45, 2.75) is 19.8 Å². The van der Waals surface area contributed by atoms with Gasteiger partial charge in [0.1, 0.15) is 0 Å². The lowest BCUT2D eigenvalue weighted by Gasteiger charge is -2.08. The van der Waals surface area contributed by atoms with Gasteiger partial charge in [-0.3, -0.25) is 4.79 Å². The highest BCUT2D eigenvalue weighted by Gasteiger charge is 2.11. The molecule has 1 aromatic carbocycles. The van der Waals surface area contributed by atoms with Crippen LogP contribution in [0.1, 0.15) is 18.1 Å². The standard InChI is InChI=1S/C10H10Cl2O2/c1-2-7-6(5-9(13)14)3-4-8(11)10(7)12/h3-4H,2,5H2,1H3,(H,13,14). The number of carboxylic acids is 1. The van der Waals surface area contributed by atoms with Gasteiger partial charge in [0.15, 0.2) is 0 Å². The van der Waals surface area contributed by atoms with E-state index in [0.29, 0.717) is 16.5 Å². The summed E-state index contributed by atoms with van der Waals surface area (Å²) in [5, 5.41) is 9.61. The van der Waals surface area contributed by atoms with E-state index in [0.717, 1.165) is 11.1 Å². The van der Waals surface area contributed by atoms with Gasteiger partial charge >= 0.3 is 5.97 Å². The molecule has 1 rings (SSSR count). The first-order chi connectivity index (χ1) is 6.56. The van der Waals surface area contributed by atoms with Crippen LogP contribution >= 0.6 is 23.2 Å². The molecule has 0 fully saturated rings. The van der Waals surface area contributed by atoms with Crippen LogP contribution in [0.5, 0.6) is 0 Å². The molecule has 0 saturated heterocycles. The maximum Gasteiger partial charge on any atom is 0.307 e. The van der Waals surface area contributed by atoms with E-state index in [1.165, 1.54) is 0 Å². The van der Waals surface area contributed by atoms with Gasteiger partial charge in [-0.25, -0.2) is 0 Å². The van der Waals surface area contributed by atoms with E-state index >= 15 is 0 Å². The molecule has 14 heavy (non-hydrogen) atoms. The molecule has 0 aromatic heterocycles. The molecule has 1 aromatic rings. The lowest BCUT2D eigenvalue weighted by atomic mass is 10.0. The highest BCUT2D eigenvalue weighted by Crippen LogP contribution is 2.29. The summed E-state index contributed by atoms with van der Waals surface area (Å²) < 4.78 is 0. The Bertz CT molecular complexity index is 361. The van der Waals surface area contributed by atoms with Crippen LogP contribution in [0.4, 0.5) is 0 Å². The number of hydrogen-bond acceptors (Lipinski definition) is 1. The van der Waals surface area contributed by atoms with Crippen molar-refractivity contribution < 1.29 is 9.90 Å². The van der Waals surface area contributed by atoms with Crippen LogP contribution in [-0.2, 0) is 17.6 Å². The fourth-order valence-electron chi connectivity index (χ4n) is 1.34. The average molecular weight is 233 g/mol. The van der Waals surface area contributed by atoms with E-state index in [2.05, 4.69) is 0 Å². The maximum absolute atomic E-state index is 10.6. The van der Waals surface area contributed by atoms with Crippen molar-refractivity contribution in [1.29, 1.82) is 0 Å². The summed E-state index contributed by atoms with van der Waals surface area (Å²) in [6.45, 7) is 1.92. The fourth-order valence-corrected chi connectivity index (χ4v) is 1.84. The second kappa shape index (κ2) is 4.67. The average Bonchev–Trinajstić information content (AvgIpc) is 2.11. The predicted molar refractivity (Wildman–Crippen MR) is 57.2 cm³/mol. The highest BCUT2D eigenvalue weighted by molar-refractivity contribution is 6.42. The molecule has 0 aliphatic heterocycles. The molecule has 0 atom stereocenters. The Hall–Kier alpha value is -0.730. The Morgan fingerprint density at radius 2 is 2.07 bits per heavy atom. The molecular weight excluding hydrogens is 223 g/mol. The zero-order chi connectivity index (χ0) is 10.7. The Labute approximate surface area is 92.5 Å². The third-order valence-electron chi connectivity index (χ3n) is 1.99. The first-order valence-electron chi connectivity index (χ1n) is 4.23. The van der Waals surface area contributed by atoms with Crippen molar-refractivity contribution >= 4 is 29.2 Å². The number of carboxylic acid groups (broad SMARTS) is 1. The number of hydrogen-bond donors (Lipinski definition) is 1. The van der Waals surface area contributed by atoms with Crippen LogP contribution in [0.2, 0.25) is 10.0 Å². The van der Waals surface area contributed by atoms with E-state index in [9.17, 15) is 4.79 Å². The summed E-state index contributed by atoms with van der Waals surface area (Å²) in [7, 11) is 0. The largest absolute Gasteiger partial charge is 0.481 e. The first kappa shape index (κ1) is 11.3. The Balaban J connectivity index is 3.17. The van der Waals surface area contributed by atoms with Gasteiger partial charge < -0.3 is 5.11 Å². The van der Waals surface area contributed by atoms with Gasteiger partial charge in [-0.15, -0.1) is 0 Å².